The van der Waals surface area contributed by atoms with E-state index in [0.29, 0.717) is 0 Å². The summed E-state index contributed by atoms with van der Waals surface area (Å²) in [5.41, 5.74) is 0. The van der Waals surface area contributed by atoms with Gasteiger partial charge in [-0.1, -0.05) is 0 Å². The molecule has 32 valence electrons. The Hall–Kier alpha value is 0.390. The first-order valence-electron chi connectivity index (χ1n) is 0.670. The zero-order valence-electron chi connectivity index (χ0n) is 2.05. The van der Waals surface area contributed by atoms with Crippen LogP contribution in [0.5, 0.6) is 0 Å². The van der Waals surface area contributed by atoms with Crippen LogP contribution in [0.15, 0.2) is 0 Å². The normalized spacial score (nSPS) is 11.6. The van der Waals surface area contributed by atoms with E-state index in [2.05, 4.69) is 0 Å². The summed E-state index contributed by atoms with van der Waals surface area (Å²) in [6, 6.07) is 0. The van der Waals surface area contributed by atoms with Crippen molar-refractivity contribution in [1.29, 1.82) is 0 Å². The van der Waals surface area contributed by atoms with E-state index in [1.807, 2.05) is 14.8 Å². The van der Waals surface area contributed by atoms with Gasteiger partial charge >= 0.3 is 8.55 Å². The number of hydrogen-bond donors (Lipinski definition) is 1. The van der Waals surface area contributed by atoms with Crippen molar-refractivity contribution in [2.75, 3.05) is 0 Å². The van der Waals surface area contributed by atoms with Gasteiger partial charge in [-0.3, -0.25) is 4.55 Å². The van der Waals surface area contributed by atoms with Crippen molar-refractivity contribution >= 4 is 23.4 Å². The molecular formula is HBrO3S. The van der Waals surface area contributed by atoms with Crippen LogP contribution in [0.4, 0.5) is 0 Å². The molecule has 0 radical (unpaired) electrons. The fourth-order valence-corrected chi connectivity index (χ4v) is 0. The maximum absolute atomic E-state index is 9.10. The first-order chi connectivity index (χ1) is 2.00. The van der Waals surface area contributed by atoms with Gasteiger partial charge in [0.05, 0.1) is 14.8 Å². The zero-order valence-corrected chi connectivity index (χ0v) is 4.45. The molecule has 0 spiro atoms. The van der Waals surface area contributed by atoms with Crippen LogP contribution >= 0.6 is 14.8 Å². The highest BCUT2D eigenvalue weighted by Gasteiger charge is 1.85. The topological polar surface area (TPSA) is 54.4 Å². The smallest absolute Gasteiger partial charge is 0.277 e. The van der Waals surface area contributed by atoms with Crippen molar-refractivity contribution in [3.8, 4) is 0 Å². The molecule has 0 aliphatic heterocycles. The van der Waals surface area contributed by atoms with Crippen LogP contribution in [0.2, 0.25) is 0 Å². The average Bonchev–Trinajstić information content (AvgIpc) is 0.722. The SMILES string of the molecule is O=S(=O)(O)Br. The molecule has 0 bridgehead atoms. The third-order valence-corrected chi connectivity index (χ3v) is 0. The second-order valence-corrected chi connectivity index (χ2v) is 3.69. The number of rotatable bonds is 0. The van der Waals surface area contributed by atoms with Crippen LogP contribution in [0.3, 0.4) is 0 Å². The van der Waals surface area contributed by atoms with E-state index in [1.165, 1.54) is 0 Å². The molecule has 0 saturated heterocycles. The van der Waals surface area contributed by atoms with Crippen molar-refractivity contribution in [3.63, 3.8) is 0 Å². The minimum atomic E-state index is -3.85. The third kappa shape index (κ3) is 165. The molecule has 5 heavy (non-hydrogen) atoms. The maximum Gasteiger partial charge on any atom is 0.326 e. The molecule has 0 fully saturated rings. The largest absolute Gasteiger partial charge is 0.326 e. The summed E-state index contributed by atoms with van der Waals surface area (Å²) in [5.74, 6) is 0. The van der Waals surface area contributed by atoms with Crippen LogP contribution in [-0.4, -0.2) is 13.0 Å². The monoisotopic (exact) mass is 160 g/mol. The Morgan fingerprint density at radius 2 is 1.60 bits per heavy atom. The van der Waals surface area contributed by atoms with Gasteiger partial charge in [0.2, 0.25) is 0 Å². The highest BCUT2D eigenvalue weighted by atomic mass is 79.9. The Labute approximate surface area is 36.9 Å². The van der Waals surface area contributed by atoms with E-state index >= 15 is 0 Å². The van der Waals surface area contributed by atoms with Gasteiger partial charge in [0.1, 0.15) is 0 Å². The molecule has 0 aliphatic carbocycles. The minimum absolute atomic E-state index is 1.90. The molecule has 0 atom stereocenters. The molecule has 0 aliphatic rings. The molecule has 1 N–H and O–H groups in total. The molecule has 0 rings (SSSR count). The molecule has 0 aromatic heterocycles. The molecule has 0 saturated carbocycles. The van der Waals surface area contributed by atoms with E-state index in [1.54, 1.807) is 0 Å². The maximum atomic E-state index is 9.10. The number of halogens is 1. The second kappa shape index (κ2) is 1.24. The Kier molecular flexibility index (Phi) is 1.33. The molecule has 0 amide bonds. The van der Waals surface area contributed by atoms with E-state index in [0.717, 1.165) is 0 Å². The van der Waals surface area contributed by atoms with Crippen LogP contribution < -0.4 is 0 Å². The van der Waals surface area contributed by atoms with Gasteiger partial charge in [-0.15, -0.1) is 0 Å². The first-order valence-corrected chi connectivity index (χ1v) is 3.95. The lowest BCUT2D eigenvalue weighted by atomic mass is 15.9. The Balaban J connectivity index is 4.06. The summed E-state index contributed by atoms with van der Waals surface area (Å²) < 4.78 is 25.6. The zero-order chi connectivity index (χ0) is 4.50. The van der Waals surface area contributed by atoms with Gasteiger partial charge < -0.3 is 0 Å². The predicted molar refractivity (Wildman–Crippen MR) is 20.5 cm³/mol. The Morgan fingerprint density at radius 1 is 1.60 bits per heavy atom. The van der Waals surface area contributed by atoms with Gasteiger partial charge in [0.15, 0.2) is 0 Å². The predicted octanol–water partition coefficient (Wildman–Crippen LogP) is 0.184. The standard InChI is InChI=1S/BrHO3S/c1-5(2,3)4/h(H,2,3,4). The van der Waals surface area contributed by atoms with Crippen molar-refractivity contribution in [2.45, 2.75) is 0 Å². The average molecular weight is 161 g/mol. The second-order valence-electron chi connectivity index (χ2n) is 0.412. The summed E-state index contributed by atoms with van der Waals surface area (Å²) >= 11 is 1.90. The fourth-order valence-electron chi connectivity index (χ4n) is 0. The van der Waals surface area contributed by atoms with Crippen molar-refractivity contribution in [2.24, 2.45) is 0 Å². The Morgan fingerprint density at radius 3 is 1.60 bits per heavy atom. The molecule has 0 heterocycles. The summed E-state index contributed by atoms with van der Waals surface area (Å²) in [6.07, 6.45) is 0. The minimum Gasteiger partial charge on any atom is -0.277 e. The molecule has 0 aromatic carbocycles. The quantitative estimate of drug-likeness (QED) is 0.407. The molecule has 0 aromatic rings. The molecule has 5 heteroatoms. The van der Waals surface area contributed by atoms with Crippen LogP contribution in [0, 0.1) is 0 Å². The summed E-state index contributed by atoms with van der Waals surface area (Å²) in [5, 5.41) is 0. The summed E-state index contributed by atoms with van der Waals surface area (Å²) in [7, 11) is -3.85. The van der Waals surface area contributed by atoms with Crippen molar-refractivity contribution < 1.29 is 13.0 Å². The van der Waals surface area contributed by atoms with Gasteiger partial charge in [-0.25, -0.2) is 0 Å². The van der Waals surface area contributed by atoms with Crippen molar-refractivity contribution in [1.82, 2.24) is 0 Å². The van der Waals surface area contributed by atoms with E-state index in [9.17, 15) is 0 Å². The van der Waals surface area contributed by atoms with Gasteiger partial charge in [-0.05, 0) is 0 Å². The first kappa shape index (κ1) is 5.39. The highest BCUT2D eigenvalue weighted by molar-refractivity contribution is 9.46. The number of hydrogen-bond acceptors (Lipinski definition) is 2. The van der Waals surface area contributed by atoms with Crippen LogP contribution in [0.25, 0.3) is 0 Å². The summed E-state index contributed by atoms with van der Waals surface area (Å²) in [4.78, 5) is 0. The van der Waals surface area contributed by atoms with Crippen molar-refractivity contribution in [3.05, 3.63) is 0 Å². The molecule has 0 unspecified atom stereocenters. The molecule has 3 nitrogen and oxygen atoms in total. The van der Waals surface area contributed by atoms with E-state index < -0.39 is 8.55 Å². The van der Waals surface area contributed by atoms with E-state index in [4.69, 9.17) is 13.0 Å². The fraction of sp³-hybridized carbons (Fsp3) is 0. The van der Waals surface area contributed by atoms with Gasteiger partial charge in [0, 0.05) is 0 Å². The van der Waals surface area contributed by atoms with Gasteiger partial charge in [0.25, 0.3) is 0 Å². The summed E-state index contributed by atoms with van der Waals surface area (Å²) in [6.45, 7) is 0. The Bertz CT molecular complexity index is 90.1. The molecular weight excluding hydrogens is 160 g/mol. The van der Waals surface area contributed by atoms with Crippen LogP contribution in [0.1, 0.15) is 0 Å². The van der Waals surface area contributed by atoms with E-state index in [-0.39, 0.29) is 0 Å². The lowest BCUT2D eigenvalue weighted by Gasteiger charge is -1.65. The van der Waals surface area contributed by atoms with Gasteiger partial charge in [-0.2, -0.15) is 8.42 Å². The lowest BCUT2D eigenvalue weighted by molar-refractivity contribution is 0.504. The lowest BCUT2D eigenvalue weighted by Crippen LogP contribution is -1.76. The van der Waals surface area contributed by atoms with Crippen LogP contribution in [-0.2, 0) is 8.55 Å². The third-order valence-electron chi connectivity index (χ3n) is 0. The highest BCUT2D eigenvalue weighted by Crippen LogP contribution is 1.88.